The maximum Gasteiger partial charge on any atom is 0.338 e. The number of carbonyl (C=O) groups excluding carboxylic acids is 2. The summed E-state index contributed by atoms with van der Waals surface area (Å²) in [6.45, 7) is 6.06. The average molecular weight is 257 g/mol. The zero-order valence-electron chi connectivity index (χ0n) is 11.5. The van der Waals surface area contributed by atoms with E-state index in [1.165, 1.54) is 7.11 Å². The highest BCUT2D eigenvalue weighted by Crippen LogP contribution is 2.37. The summed E-state index contributed by atoms with van der Waals surface area (Å²) in [5, 5.41) is 10.3. The molecule has 18 heavy (non-hydrogen) atoms. The fourth-order valence-electron chi connectivity index (χ4n) is 2.59. The number of nitrogens with two attached hydrogens (primary N) is 1. The van der Waals surface area contributed by atoms with Crippen LogP contribution in [0.15, 0.2) is 0 Å². The zero-order valence-corrected chi connectivity index (χ0v) is 11.5. The van der Waals surface area contributed by atoms with Crippen molar-refractivity contribution in [2.24, 2.45) is 23.5 Å². The van der Waals surface area contributed by atoms with Crippen LogP contribution in [0.1, 0.15) is 33.6 Å². The average Bonchev–Trinajstić information content (AvgIpc) is 2.31. The number of esters is 1. The fraction of sp³-hybridized carbons (Fsp3) is 0.846. The Kier molecular flexibility index (Phi) is 4.50. The van der Waals surface area contributed by atoms with E-state index in [1.807, 2.05) is 20.8 Å². The summed E-state index contributed by atoms with van der Waals surface area (Å²) in [7, 11) is 1.21. The third kappa shape index (κ3) is 2.72. The van der Waals surface area contributed by atoms with Crippen LogP contribution in [0.25, 0.3) is 0 Å². The number of rotatable bonds is 3. The van der Waals surface area contributed by atoms with Gasteiger partial charge in [-0.3, -0.25) is 4.79 Å². The van der Waals surface area contributed by atoms with Gasteiger partial charge in [0.05, 0.1) is 13.2 Å². The molecule has 0 spiro atoms. The van der Waals surface area contributed by atoms with Crippen LogP contribution in [0.4, 0.5) is 0 Å². The van der Waals surface area contributed by atoms with Gasteiger partial charge in [-0.1, -0.05) is 20.8 Å². The SMILES string of the molecule is COC(=O)[C@@]1(O)CC(=O)[C@@H](N)[C@H](C(C)C(C)C)C1. The Morgan fingerprint density at radius 1 is 1.50 bits per heavy atom. The van der Waals surface area contributed by atoms with E-state index in [4.69, 9.17) is 5.73 Å². The lowest BCUT2D eigenvalue weighted by molar-refractivity contribution is -0.171. The molecular formula is C13H23NO4. The van der Waals surface area contributed by atoms with Crippen molar-refractivity contribution < 1.29 is 19.4 Å². The molecule has 1 saturated carbocycles. The van der Waals surface area contributed by atoms with Crippen molar-refractivity contribution in [3.63, 3.8) is 0 Å². The summed E-state index contributed by atoms with van der Waals surface area (Å²) < 4.78 is 4.58. The monoisotopic (exact) mass is 257 g/mol. The van der Waals surface area contributed by atoms with Crippen LogP contribution in [-0.4, -0.2) is 35.6 Å². The molecule has 0 amide bonds. The second-order valence-electron chi connectivity index (χ2n) is 5.66. The molecule has 0 saturated heterocycles. The maximum atomic E-state index is 11.9. The van der Waals surface area contributed by atoms with Crippen molar-refractivity contribution in [2.45, 2.75) is 45.3 Å². The van der Waals surface area contributed by atoms with Gasteiger partial charge in [0.25, 0.3) is 0 Å². The second kappa shape index (κ2) is 5.36. The molecule has 1 aliphatic carbocycles. The molecule has 0 heterocycles. The predicted molar refractivity (Wildman–Crippen MR) is 66.7 cm³/mol. The van der Waals surface area contributed by atoms with Crippen LogP contribution in [0.3, 0.4) is 0 Å². The first-order chi connectivity index (χ1) is 8.23. The summed E-state index contributed by atoms with van der Waals surface area (Å²) >= 11 is 0. The lowest BCUT2D eigenvalue weighted by atomic mass is 9.67. The third-order valence-corrected chi connectivity index (χ3v) is 4.17. The Hall–Kier alpha value is -0.940. The largest absolute Gasteiger partial charge is 0.467 e. The molecule has 1 fully saturated rings. The normalized spacial score (nSPS) is 34.5. The Morgan fingerprint density at radius 2 is 2.06 bits per heavy atom. The highest BCUT2D eigenvalue weighted by atomic mass is 16.5. The minimum atomic E-state index is -1.71. The van der Waals surface area contributed by atoms with E-state index < -0.39 is 17.6 Å². The van der Waals surface area contributed by atoms with E-state index >= 15 is 0 Å². The molecule has 0 aromatic rings. The molecular weight excluding hydrogens is 234 g/mol. The van der Waals surface area contributed by atoms with Gasteiger partial charge in [-0.25, -0.2) is 4.79 Å². The first-order valence-corrected chi connectivity index (χ1v) is 6.32. The number of carbonyl (C=O) groups is 2. The van der Waals surface area contributed by atoms with Crippen molar-refractivity contribution in [2.75, 3.05) is 7.11 Å². The summed E-state index contributed by atoms with van der Waals surface area (Å²) in [6.07, 6.45) is -0.0614. The lowest BCUT2D eigenvalue weighted by Crippen LogP contribution is -2.57. The van der Waals surface area contributed by atoms with Gasteiger partial charge < -0.3 is 15.6 Å². The van der Waals surface area contributed by atoms with Gasteiger partial charge in [-0.15, -0.1) is 0 Å². The van der Waals surface area contributed by atoms with Crippen LogP contribution in [-0.2, 0) is 14.3 Å². The maximum absolute atomic E-state index is 11.9. The molecule has 0 aromatic heterocycles. The molecule has 4 atom stereocenters. The molecule has 5 heteroatoms. The van der Waals surface area contributed by atoms with E-state index in [1.54, 1.807) is 0 Å². The third-order valence-electron chi connectivity index (χ3n) is 4.17. The van der Waals surface area contributed by atoms with Gasteiger partial charge in [0.15, 0.2) is 11.4 Å². The Labute approximate surface area is 108 Å². The van der Waals surface area contributed by atoms with Crippen molar-refractivity contribution >= 4 is 11.8 Å². The van der Waals surface area contributed by atoms with E-state index in [0.29, 0.717) is 5.92 Å². The quantitative estimate of drug-likeness (QED) is 0.718. The Bertz CT molecular complexity index is 342. The molecule has 1 unspecified atom stereocenters. The summed E-state index contributed by atoms with van der Waals surface area (Å²) in [5.74, 6) is -0.736. The van der Waals surface area contributed by atoms with Gasteiger partial charge in [-0.05, 0) is 24.2 Å². The van der Waals surface area contributed by atoms with E-state index in [0.717, 1.165) is 0 Å². The number of hydrogen-bond donors (Lipinski definition) is 2. The smallest absolute Gasteiger partial charge is 0.338 e. The van der Waals surface area contributed by atoms with Crippen LogP contribution in [0, 0.1) is 17.8 Å². The molecule has 3 N–H and O–H groups in total. The van der Waals surface area contributed by atoms with E-state index in [-0.39, 0.29) is 30.5 Å². The topological polar surface area (TPSA) is 89.6 Å². The Morgan fingerprint density at radius 3 is 2.50 bits per heavy atom. The van der Waals surface area contributed by atoms with E-state index in [9.17, 15) is 14.7 Å². The van der Waals surface area contributed by atoms with Crippen LogP contribution < -0.4 is 5.73 Å². The minimum Gasteiger partial charge on any atom is -0.467 e. The number of methoxy groups -OCH3 is 1. The van der Waals surface area contributed by atoms with Gasteiger partial charge in [0, 0.05) is 6.42 Å². The van der Waals surface area contributed by atoms with Crippen LogP contribution >= 0.6 is 0 Å². The summed E-state index contributed by atoms with van der Waals surface area (Å²) in [6, 6.07) is -0.604. The first-order valence-electron chi connectivity index (χ1n) is 6.32. The number of hydrogen-bond acceptors (Lipinski definition) is 5. The zero-order chi connectivity index (χ0) is 14.1. The first kappa shape index (κ1) is 15.1. The van der Waals surface area contributed by atoms with Crippen LogP contribution in [0.2, 0.25) is 0 Å². The number of ether oxygens (including phenoxy) is 1. The van der Waals surface area contributed by atoms with Crippen LogP contribution in [0.5, 0.6) is 0 Å². The highest BCUT2D eigenvalue weighted by molar-refractivity contribution is 5.93. The molecule has 0 bridgehead atoms. The van der Waals surface area contributed by atoms with E-state index in [2.05, 4.69) is 4.74 Å². The number of ketones is 1. The molecule has 104 valence electrons. The standard InChI is InChI=1S/C13H23NO4/c1-7(2)8(3)9-5-13(17,12(16)18-4)6-10(15)11(9)14/h7-9,11,17H,5-6,14H2,1-4H3/t8?,9-,11-,13-/m0/s1. The summed E-state index contributed by atoms with van der Waals surface area (Å²) in [4.78, 5) is 23.5. The van der Waals surface area contributed by atoms with Gasteiger partial charge in [-0.2, -0.15) is 0 Å². The predicted octanol–water partition coefficient (Wildman–Crippen LogP) is 0.489. The fourth-order valence-corrected chi connectivity index (χ4v) is 2.59. The molecule has 5 nitrogen and oxygen atoms in total. The second-order valence-corrected chi connectivity index (χ2v) is 5.66. The van der Waals surface area contributed by atoms with Crippen molar-refractivity contribution in [3.05, 3.63) is 0 Å². The highest BCUT2D eigenvalue weighted by Gasteiger charge is 2.50. The molecule has 1 rings (SSSR count). The molecule has 1 aliphatic rings. The minimum absolute atomic E-state index is 0.153. The van der Waals surface area contributed by atoms with Crippen molar-refractivity contribution in [1.29, 1.82) is 0 Å². The van der Waals surface area contributed by atoms with Crippen molar-refractivity contribution in [3.8, 4) is 0 Å². The molecule has 0 radical (unpaired) electrons. The van der Waals surface area contributed by atoms with Gasteiger partial charge in [0.2, 0.25) is 0 Å². The number of Topliss-reactive ketones (excluding diaryl/α,β-unsaturated/α-hetero) is 1. The van der Waals surface area contributed by atoms with Gasteiger partial charge in [0.1, 0.15) is 0 Å². The van der Waals surface area contributed by atoms with Gasteiger partial charge >= 0.3 is 5.97 Å². The molecule has 0 aliphatic heterocycles. The van der Waals surface area contributed by atoms with Crippen molar-refractivity contribution in [1.82, 2.24) is 0 Å². The number of aliphatic hydroxyl groups is 1. The Balaban J connectivity index is 2.98. The lowest BCUT2D eigenvalue weighted by Gasteiger charge is -2.41. The summed E-state index contributed by atoms with van der Waals surface area (Å²) in [5.41, 5.74) is 4.20. The molecule has 0 aromatic carbocycles.